The van der Waals surface area contributed by atoms with Crippen LogP contribution in [0.15, 0.2) is 18.2 Å². The van der Waals surface area contributed by atoms with Crippen LogP contribution in [0.1, 0.15) is 30.0 Å². The van der Waals surface area contributed by atoms with Crippen molar-refractivity contribution in [1.82, 2.24) is 10.6 Å². The molecule has 0 bridgehead atoms. The van der Waals surface area contributed by atoms with E-state index in [0.717, 1.165) is 24.1 Å². The zero-order valence-corrected chi connectivity index (χ0v) is 12.1. The molecule has 1 amide bonds. The van der Waals surface area contributed by atoms with E-state index in [1.807, 2.05) is 6.92 Å². The molecule has 1 aromatic rings. The lowest BCUT2D eigenvalue weighted by atomic mass is 9.92. The largest absolute Gasteiger partial charge is 0.446 e. The molecule has 3 N–H and O–H groups in total. The van der Waals surface area contributed by atoms with Gasteiger partial charge in [-0.05, 0) is 43.1 Å². The summed E-state index contributed by atoms with van der Waals surface area (Å²) >= 11 is 0. The third kappa shape index (κ3) is 4.41. The Kier molecular flexibility index (Phi) is 5.52. The van der Waals surface area contributed by atoms with Crippen LogP contribution in [-0.2, 0) is 4.74 Å². The fourth-order valence-electron chi connectivity index (χ4n) is 2.61. The van der Waals surface area contributed by atoms with Crippen LogP contribution in [0.3, 0.4) is 0 Å². The lowest BCUT2D eigenvalue weighted by molar-refractivity contribution is 0.0674. The number of alkyl carbamates (subject to hydrolysis) is 1. The van der Waals surface area contributed by atoms with Crippen molar-refractivity contribution in [3.63, 3.8) is 0 Å². The van der Waals surface area contributed by atoms with Gasteiger partial charge >= 0.3 is 6.09 Å². The first-order chi connectivity index (χ1) is 10.1. The number of carbonyl (C=O) groups is 1. The van der Waals surface area contributed by atoms with E-state index < -0.39 is 6.09 Å². The van der Waals surface area contributed by atoms with Crippen molar-refractivity contribution >= 4 is 6.09 Å². The van der Waals surface area contributed by atoms with Gasteiger partial charge in [0.05, 0.1) is 6.61 Å². The van der Waals surface area contributed by atoms with Gasteiger partial charge in [0.25, 0.3) is 0 Å². The Morgan fingerprint density at radius 2 is 2.38 bits per heavy atom. The molecule has 1 aromatic carbocycles. The molecule has 2 atom stereocenters. The second kappa shape index (κ2) is 7.38. The molecule has 0 aromatic heterocycles. The van der Waals surface area contributed by atoms with Gasteiger partial charge in [-0.15, -0.1) is 0 Å². The number of piperidine rings is 1. The standard InChI is InChI=1S/C15H21FN2O3/c1-10-8-11(16)2-3-13(10)14-9-12(4-5-17-14)21-15(20)18-6-7-19/h2-3,8,12,14,17,19H,4-7,9H2,1H3,(H,18,20). The molecule has 0 saturated carbocycles. The minimum atomic E-state index is -0.509. The maximum absolute atomic E-state index is 13.2. The Morgan fingerprint density at radius 1 is 1.57 bits per heavy atom. The van der Waals surface area contributed by atoms with Crippen molar-refractivity contribution in [3.05, 3.63) is 35.1 Å². The number of amides is 1. The first-order valence-corrected chi connectivity index (χ1v) is 7.15. The minimum absolute atomic E-state index is 0.0509. The van der Waals surface area contributed by atoms with E-state index in [0.29, 0.717) is 6.42 Å². The predicted molar refractivity (Wildman–Crippen MR) is 76.5 cm³/mol. The van der Waals surface area contributed by atoms with Crippen molar-refractivity contribution in [1.29, 1.82) is 0 Å². The molecule has 6 heteroatoms. The van der Waals surface area contributed by atoms with Gasteiger partial charge in [0.2, 0.25) is 0 Å². The molecule has 0 spiro atoms. The normalized spacial score (nSPS) is 21.9. The Labute approximate surface area is 123 Å². The summed E-state index contributed by atoms with van der Waals surface area (Å²) in [5, 5.41) is 14.5. The summed E-state index contributed by atoms with van der Waals surface area (Å²) in [5.41, 5.74) is 1.92. The number of hydrogen-bond acceptors (Lipinski definition) is 4. The molecule has 1 heterocycles. The Hall–Kier alpha value is -1.66. The van der Waals surface area contributed by atoms with Crippen molar-refractivity contribution in [2.45, 2.75) is 31.9 Å². The van der Waals surface area contributed by atoms with Crippen molar-refractivity contribution in [2.24, 2.45) is 0 Å². The smallest absolute Gasteiger partial charge is 0.407 e. The Bertz CT molecular complexity index is 496. The molecule has 5 nitrogen and oxygen atoms in total. The first-order valence-electron chi connectivity index (χ1n) is 7.15. The zero-order chi connectivity index (χ0) is 15.2. The Balaban J connectivity index is 1.95. The molecule has 1 saturated heterocycles. The summed E-state index contributed by atoms with van der Waals surface area (Å²) in [6.07, 6.45) is 0.701. The van der Waals surface area contributed by atoms with Gasteiger partial charge in [-0.1, -0.05) is 6.07 Å². The first kappa shape index (κ1) is 15.7. The SMILES string of the molecule is Cc1cc(F)ccc1C1CC(OC(=O)NCCO)CCN1. The molecule has 1 fully saturated rings. The molecular weight excluding hydrogens is 275 g/mol. The van der Waals surface area contributed by atoms with Crippen LogP contribution in [0, 0.1) is 12.7 Å². The molecule has 1 aliphatic rings. The van der Waals surface area contributed by atoms with Crippen LogP contribution in [-0.4, -0.2) is 37.0 Å². The van der Waals surface area contributed by atoms with E-state index in [-0.39, 0.29) is 31.1 Å². The highest BCUT2D eigenvalue weighted by Crippen LogP contribution is 2.27. The number of aliphatic hydroxyl groups is 1. The fourth-order valence-corrected chi connectivity index (χ4v) is 2.61. The van der Waals surface area contributed by atoms with Crippen molar-refractivity contribution < 1.29 is 19.0 Å². The lowest BCUT2D eigenvalue weighted by Gasteiger charge is -2.31. The maximum Gasteiger partial charge on any atom is 0.407 e. The average molecular weight is 296 g/mol. The van der Waals surface area contributed by atoms with Crippen LogP contribution in [0.4, 0.5) is 9.18 Å². The van der Waals surface area contributed by atoms with Gasteiger partial charge in [0.15, 0.2) is 0 Å². The Morgan fingerprint density at radius 3 is 3.10 bits per heavy atom. The van der Waals surface area contributed by atoms with E-state index in [9.17, 15) is 9.18 Å². The maximum atomic E-state index is 13.2. The number of carbonyl (C=O) groups excluding carboxylic acids is 1. The van der Waals surface area contributed by atoms with Gasteiger partial charge < -0.3 is 20.5 Å². The van der Waals surface area contributed by atoms with E-state index in [2.05, 4.69) is 10.6 Å². The van der Waals surface area contributed by atoms with Crippen LogP contribution in [0.25, 0.3) is 0 Å². The molecule has 0 aliphatic carbocycles. The van der Waals surface area contributed by atoms with Gasteiger partial charge in [0, 0.05) is 19.0 Å². The predicted octanol–water partition coefficient (Wildman–Crippen LogP) is 1.65. The molecule has 116 valence electrons. The second-order valence-corrected chi connectivity index (χ2v) is 5.21. The van der Waals surface area contributed by atoms with Gasteiger partial charge in [-0.2, -0.15) is 0 Å². The third-order valence-corrected chi connectivity index (χ3v) is 3.62. The third-order valence-electron chi connectivity index (χ3n) is 3.62. The van der Waals surface area contributed by atoms with E-state index in [4.69, 9.17) is 9.84 Å². The van der Waals surface area contributed by atoms with Crippen molar-refractivity contribution in [3.8, 4) is 0 Å². The van der Waals surface area contributed by atoms with Crippen LogP contribution in [0.2, 0.25) is 0 Å². The molecule has 2 rings (SSSR count). The molecule has 0 radical (unpaired) electrons. The van der Waals surface area contributed by atoms with E-state index in [1.165, 1.54) is 12.1 Å². The number of nitrogens with one attached hydrogen (secondary N) is 2. The van der Waals surface area contributed by atoms with Crippen molar-refractivity contribution in [2.75, 3.05) is 19.7 Å². The van der Waals surface area contributed by atoms with Crippen LogP contribution >= 0.6 is 0 Å². The van der Waals surface area contributed by atoms with Gasteiger partial charge in [-0.3, -0.25) is 0 Å². The summed E-state index contributed by atoms with van der Waals surface area (Å²) in [6.45, 7) is 2.68. The lowest BCUT2D eigenvalue weighted by Crippen LogP contribution is -2.39. The van der Waals surface area contributed by atoms with Crippen LogP contribution < -0.4 is 10.6 Å². The summed E-state index contributed by atoms with van der Waals surface area (Å²) in [5.74, 6) is -0.247. The van der Waals surface area contributed by atoms with Gasteiger partial charge in [-0.25, -0.2) is 9.18 Å². The monoisotopic (exact) mass is 296 g/mol. The second-order valence-electron chi connectivity index (χ2n) is 5.21. The number of halogens is 1. The number of aliphatic hydroxyl groups excluding tert-OH is 1. The van der Waals surface area contributed by atoms with Gasteiger partial charge in [0.1, 0.15) is 11.9 Å². The zero-order valence-electron chi connectivity index (χ0n) is 12.1. The summed E-state index contributed by atoms with van der Waals surface area (Å²) in [6, 6.07) is 4.78. The molecular formula is C15H21FN2O3. The minimum Gasteiger partial charge on any atom is -0.446 e. The molecule has 2 unspecified atom stereocenters. The molecule has 1 aliphatic heterocycles. The number of rotatable bonds is 4. The number of hydrogen-bond donors (Lipinski definition) is 3. The van der Waals surface area contributed by atoms with Crippen LogP contribution in [0.5, 0.6) is 0 Å². The van der Waals surface area contributed by atoms with E-state index in [1.54, 1.807) is 6.07 Å². The quantitative estimate of drug-likeness (QED) is 0.790. The topological polar surface area (TPSA) is 70.6 Å². The summed E-state index contributed by atoms with van der Waals surface area (Å²) < 4.78 is 18.5. The molecule has 21 heavy (non-hydrogen) atoms. The highest BCUT2D eigenvalue weighted by molar-refractivity contribution is 5.67. The van der Waals surface area contributed by atoms with E-state index >= 15 is 0 Å². The number of benzene rings is 1. The number of ether oxygens (including phenoxy) is 1. The highest BCUT2D eigenvalue weighted by Gasteiger charge is 2.26. The average Bonchev–Trinajstić information content (AvgIpc) is 2.45. The fraction of sp³-hybridized carbons (Fsp3) is 0.533. The number of aryl methyl sites for hydroxylation is 1. The highest BCUT2D eigenvalue weighted by atomic mass is 19.1. The summed E-state index contributed by atoms with van der Waals surface area (Å²) in [7, 11) is 0. The summed E-state index contributed by atoms with van der Waals surface area (Å²) in [4.78, 5) is 11.5.